The Kier molecular flexibility index (Phi) is 3.24. The van der Waals surface area contributed by atoms with E-state index in [0.29, 0.717) is 11.6 Å². The van der Waals surface area contributed by atoms with Crippen LogP contribution in [0, 0.1) is 17.6 Å². The van der Waals surface area contributed by atoms with Crippen LogP contribution in [-0.4, -0.2) is 6.04 Å². The number of halogens is 2. The Balaban J connectivity index is 2.00. The van der Waals surface area contributed by atoms with Crippen LogP contribution in [-0.2, 0) is 0 Å². The summed E-state index contributed by atoms with van der Waals surface area (Å²) in [5, 5.41) is 3.36. The lowest BCUT2D eigenvalue weighted by Crippen LogP contribution is -2.41. The molecule has 0 amide bonds. The normalized spacial score (nSPS) is 26.2. The van der Waals surface area contributed by atoms with Crippen LogP contribution in [0.25, 0.3) is 0 Å². The van der Waals surface area contributed by atoms with Crippen molar-refractivity contribution < 1.29 is 8.78 Å². The van der Waals surface area contributed by atoms with E-state index in [9.17, 15) is 8.78 Å². The molecule has 1 aromatic carbocycles. The number of benzene rings is 1. The van der Waals surface area contributed by atoms with E-state index in [1.807, 2.05) is 6.92 Å². The molecule has 0 spiro atoms. The third kappa shape index (κ3) is 2.40. The molecule has 1 N–H and O–H groups in total. The minimum Gasteiger partial charge on any atom is -0.307 e. The first-order valence-electron chi connectivity index (χ1n) is 5.77. The highest BCUT2D eigenvalue weighted by Gasteiger charge is 2.27. The molecule has 3 heteroatoms. The average molecular weight is 225 g/mol. The molecule has 0 aliphatic heterocycles. The van der Waals surface area contributed by atoms with Gasteiger partial charge in [0.15, 0.2) is 0 Å². The van der Waals surface area contributed by atoms with Crippen LogP contribution in [0.2, 0.25) is 0 Å². The minimum absolute atomic E-state index is 0.0573. The molecule has 1 fully saturated rings. The Morgan fingerprint density at radius 1 is 1.31 bits per heavy atom. The molecule has 0 aromatic heterocycles. The summed E-state index contributed by atoms with van der Waals surface area (Å²) in [5.74, 6) is -0.221. The van der Waals surface area contributed by atoms with Crippen LogP contribution in [0.4, 0.5) is 8.78 Å². The quantitative estimate of drug-likeness (QED) is 0.831. The fraction of sp³-hybridized carbons (Fsp3) is 0.538. The van der Waals surface area contributed by atoms with Gasteiger partial charge in [0.25, 0.3) is 0 Å². The van der Waals surface area contributed by atoms with Crippen LogP contribution < -0.4 is 5.32 Å². The van der Waals surface area contributed by atoms with Gasteiger partial charge in [0.2, 0.25) is 0 Å². The summed E-state index contributed by atoms with van der Waals surface area (Å²) in [5.41, 5.74) is 0.543. The van der Waals surface area contributed by atoms with Gasteiger partial charge in [-0.2, -0.15) is 0 Å². The molecule has 2 rings (SSSR count). The van der Waals surface area contributed by atoms with E-state index >= 15 is 0 Å². The first kappa shape index (κ1) is 11.5. The van der Waals surface area contributed by atoms with Gasteiger partial charge in [-0.05, 0) is 31.7 Å². The van der Waals surface area contributed by atoms with Gasteiger partial charge in [0.05, 0.1) is 0 Å². The molecule has 1 aliphatic carbocycles. The van der Waals surface area contributed by atoms with Gasteiger partial charge in [0.1, 0.15) is 11.6 Å². The second-order valence-electron chi connectivity index (χ2n) is 4.83. The lowest BCUT2D eigenvalue weighted by Gasteiger charge is -2.35. The van der Waals surface area contributed by atoms with E-state index < -0.39 is 11.6 Å². The molecule has 1 unspecified atom stereocenters. The second kappa shape index (κ2) is 4.50. The highest BCUT2D eigenvalue weighted by molar-refractivity contribution is 5.21. The van der Waals surface area contributed by atoms with Crippen molar-refractivity contribution in [3.8, 4) is 0 Å². The van der Waals surface area contributed by atoms with Crippen molar-refractivity contribution in [3.63, 3.8) is 0 Å². The Morgan fingerprint density at radius 2 is 2.00 bits per heavy atom. The van der Waals surface area contributed by atoms with Crippen LogP contribution in [0.5, 0.6) is 0 Å². The smallest absolute Gasteiger partial charge is 0.130 e. The molecule has 1 saturated carbocycles. The molecule has 1 aliphatic rings. The van der Waals surface area contributed by atoms with Crippen molar-refractivity contribution in [2.75, 3.05) is 0 Å². The summed E-state index contributed by atoms with van der Waals surface area (Å²) in [4.78, 5) is 0. The topological polar surface area (TPSA) is 12.0 Å². The molecular weight excluding hydrogens is 208 g/mol. The van der Waals surface area contributed by atoms with Crippen molar-refractivity contribution in [2.24, 2.45) is 5.92 Å². The number of hydrogen-bond acceptors (Lipinski definition) is 1. The highest BCUT2D eigenvalue weighted by atomic mass is 19.1. The maximum absolute atomic E-state index is 13.5. The molecule has 88 valence electrons. The summed E-state index contributed by atoms with van der Waals surface area (Å²) in [6.07, 6.45) is 2.29. The summed E-state index contributed by atoms with van der Waals surface area (Å²) in [7, 11) is 0. The Hall–Kier alpha value is -0.960. The SMILES string of the molecule is CC1CC(NC(C)c2ccc(F)cc2F)C1. The summed E-state index contributed by atoms with van der Waals surface area (Å²) in [6, 6.07) is 4.19. The molecule has 1 nitrogen and oxygen atoms in total. The van der Waals surface area contributed by atoms with Crippen molar-refractivity contribution in [2.45, 2.75) is 38.8 Å². The fourth-order valence-corrected chi connectivity index (χ4v) is 2.33. The van der Waals surface area contributed by atoms with E-state index in [-0.39, 0.29) is 6.04 Å². The van der Waals surface area contributed by atoms with Crippen LogP contribution in [0.3, 0.4) is 0 Å². The monoisotopic (exact) mass is 225 g/mol. The summed E-state index contributed by atoms with van der Waals surface area (Å²) >= 11 is 0. The Bertz CT molecular complexity index is 372. The molecule has 0 radical (unpaired) electrons. The second-order valence-corrected chi connectivity index (χ2v) is 4.83. The van der Waals surface area contributed by atoms with E-state index in [1.54, 1.807) is 0 Å². The fourth-order valence-electron chi connectivity index (χ4n) is 2.33. The Morgan fingerprint density at radius 3 is 2.56 bits per heavy atom. The molecular formula is C13H17F2N. The van der Waals surface area contributed by atoms with Gasteiger partial charge in [-0.25, -0.2) is 8.78 Å². The zero-order valence-corrected chi connectivity index (χ0v) is 9.63. The molecule has 16 heavy (non-hydrogen) atoms. The van der Waals surface area contributed by atoms with Crippen LogP contribution >= 0.6 is 0 Å². The summed E-state index contributed by atoms with van der Waals surface area (Å²) in [6.45, 7) is 4.13. The average Bonchev–Trinajstić information content (AvgIpc) is 2.15. The van der Waals surface area contributed by atoms with E-state index in [1.165, 1.54) is 12.1 Å². The Labute approximate surface area is 94.9 Å². The lowest BCUT2D eigenvalue weighted by molar-refractivity contribution is 0.225. The third-order valence-electron chi connectivity index (χ3n) is 3.29. The summed E-state index contributed by atoms with van der Waals surface area (Å²) < 4.78 is 26.2. The maximum atomic E-state index is 13.5. The lowest BCUT2D eigenvalue weighted by atomic mass is 9.81. The van der Waals surface area contributed by atoms with Gasteiger partial charge < -0.3 is 5.32 Å². The number of hydrogen-bond donors (Lipinski definition) is 1. The van der Waals surface area contributed by atoms with E-state index in [4.69, 9.17) is 0 Å². The molecule has 1 aromatic rings. The van der Waals surface area contributed by atoms with Crippen LogP contribution in [0.1, 0.15) is 38.3 Å². The van der Waals surface area contributed by atoms with Gasteiger partial charge in [-0.1, -0.05) is 13.0 Å². The first-order chi connectivity index (χ1) is 7.56. The first-order valence-corrected chi connectivity index (χ1v) is 5.77. The predicted molar refractivity (Wildman–Crippen MR) is 60.1 cm³/mol. The minimum atomic E-state index is -0.522. The van der Waals surface area contributed by atoms with Crippen molar-refractivity contribution in [3.05, 3.63) is 35.4 Å². The molecule has 0 bridgehead atoms. The van der Waals surface area contributed by atoms with Crippen molar-refractivity contribution in [1.82, 2.24) is 5.32 Å². The van der Waals surface area contributed by atoms with E-state index in [2.05, 4.69) is 12.2 Å². The predicted octanol–water partition coefficient (Wildman–Crippen LogP) is 3.41. The standard InChI is InChI=1S/C13H17F2N/c1-8-5-11(6-8)16-9(2)12-4-3-10(14)7-13(12)15/h3-4,7-9,11,16H,5-6H2,1-2H3. The third-order valence-corrected chi connectivity index (χ3v) is 3.29. The maximum Gasteiger partial charge on any atom is 0.130 e. The zero-order chi connectivity index (χ0) is 11.7. The zero-order valence-electron chi connectivity index (χ0n) is 9.63. The van der Waals surface area contributed by atoms with E-state index in [0.717, 1.165) is 24.8 Å². The highest BCUT2D eigenvalue weighted by Crippen LogP contribution is 2.29. The number of rotatable bonds is 3. The molecule has 0 heterocycles. The van der Waals surface area contributed by atoms with Crippen LogP contribution in [0.15, 0.2) is 18.2 Å². The largest absolute Gasteiger partial charge is 0.307 e. The van der Waals surface area contributed by atoms with Crippen molar-refractivity contribution in [1.29, 1.82) is 0 Å². The van der Waals surface area contributed by atoms with Crippen molar-refractivity contribution >= 4 is 0 Å². The van der Waals surface area contributed by atoms with Gasteiger partial charge >= 0.3 is 0 Å². The molecule has 0 saturated heterocycles. The van der Waals surface area contributed by atoms with Gasteiger partial charge in [0, 0.05) is 23.7 Å². The van der Waals surface area contributed by atoms with Gasteiger partial charge in [-0.15, -0.1) is 0 Å². The van der Waals surface area contributed by atoms with Gasteiger partial charge in [-0.3, -0.25) is 0 Å². The number of nitrogens with one attached hydrogen (secondary N) is 1. The molecule has 1 atom stereocenters.